The molecule has 0 saturated carbocycles. The SMILES string of the molecule is CCN(CC)CCNC1Sc2ccccc2NC1=O. The number of hydrogen-bond donors (Lipinski definition) is 2. The normalized spacial score (nSPS) is 18.3. The van der Waals surface area contributed by atoms with Crippen molar-refractivity contribution in [2.24, 2.45) is 0 Å². The zero-order chi connectivity index (χ0) is 13.7. The highest BCUT2D eigenvalue weighted by Crippen LogP contribution is 2.33. The Hall–Kier alpha value is -1.04. The van der Waals surface area contributed by atoms with Crippen LogP contribution in [0.25, 0.3) is 0 Å². The van der Waals surface area contributed by atoms with Gasteiger partial charge in [0.25, 0.3) is 5.91 Å². The Balaban J connectivity index is 1.87. The van der Waals surface area contributed by atoms with Crippen LogP contribution in [0.4, 0.5) is 5.69 Å². The van der Waals surface area contributed by atoms with E-state index in [1.165, 1.54) is 0 Å². The van der Waals surface area contributed by atoms with Crippen LogP contribution in [0.5, 0.6) is 0 Å². The minimum atomic E-state index is -0.189. The molecule has 104 valence electrons. The topological polar surface area (TPSA) is 44.4 Å². The van der Waals surface area contributed by atoms with Crippen molar-refractivity contribution >= 4 is 23.4 Å². The summed E-state index contributed by atoms with van der Waals surface area (Å²) in [6, 6.07) is 7.91. The van der Waals surface area contributed by atoms with Crippen LogP contribution in [0.1, 0.15) is 13.8 Å². The summed E-state index contributed by atoms with van der Waals surface area (Å²) in [6.07, 6.45) is 0. The second kappa shape index (κ2) is 6.93. The van der Waals surface area contributed by atoms with Crippen molar-refractivity contribution < 1.29 is 4.79 Å². The molecule has 1 aromatic carbocycles. The number of anilines is 1. The number of rotatable bonds is 6. The first kappa shape index (κ1) is 14.4. The molecule has 0 aromatic heterocycles. The second-order valence-electron chi connectivity index (χ2n) is 4.46. The molecule has 1 amide bonds. The van der Waals surface area contributed by atoms with Crippen molar-refractivity contribution in [3.05, 3.63) is 24.3 Å². The van der Waals surface area contributed by atoms with Crippen LogP contribution in [-0.4, -0.2) is 42.4 Å². The lowest BCUT2D eigenvalue weighted by atomic mass is 10.3. The minimum absolute atomic E-state index is 0.0447. The largest absolute Gasteiger partial charge is 0.323 e. The van der Waals surface area contributed by atoms with E-state index in [0.717, 1.165) is 36.8 Å². The van der Waals surface area contributed by atoms with Crippen LogP contribution in [0.3, 0.4) is 0 Å². The number of para-hydroxylation sites is 1. The van der Waals surface area contributed by atoms with Gasteiger partial charge < -0.3 is 10.2 Å². The van der Waals surface area contributed by atoms with Crippen LogP contribution in [0.2, 0.25) is 0 Å². The van der Waals surface area contributed by atoms with E-state index < -0.39 is 0 Å². The molecule has 1 unspecified atom stereocenters. The number of carbonyl (C=O) groups is 1. The van der Waals surface area contributed by atoms with Crippen molar-refractivity contribution in [3.8, 4) is 0 Å². The summed E-state index contributed by atoms with van der Waals surface area (Å²) in [7, 11) is 0. The molecule has 19 heavy (non-hydrogen) atoms. The molecule has 2 N–H and O–H groups in total. The first-order valence-electron chi connectivity index (χ1n) is 6.77. The molecule has 5 heteroatoms. The molecule has 0 fully saturated rings. The predicted molar refractivity (Wildman–Crippen MR) is 80.5 cm³/mol. The third-order valence-corrected chi connectivity index (χ3v) is 4.51. The fraction of sp³-hybridized carbons (Fsp3) is 0.500. The number of benzene rings is 1. The number of thioether (sulfide) groups is 1. The van der Waals surface area contributed by atoms with E-state index in [2.05, 4.69) is 29.4 Å². The van der Waals surface area contributed by atoms with Gasteiger partial charge in [-0.25, -0.2) is 0 Å². The number of amides is 1. The third kappa shape index (κ3) is 3.72. The molecule has 0 saturated heterocycles. The first-order valence-corrected chi connectivity index (χ1v) is 7.64. The Morgan fingerprint density at radius 1 is 1.32 bits per heavy atom. The van der Waals surface area contributed by atoms with Crippen molar-refractivity contribution in [1.29, 1.82) is 0 Å². The fourth-order valence-electron chi connectivity index (χ4n) is 2.08. The highest BCUT2D eigenvalue weighted by Gasteiger charge is 2.25. The van der Waals surface area contributed by atoms with Crippen molar-refractivity contribution in [1.82, 2.24) is 10.2 Å². The molecule has 1 heterocycles. The van der Waals surface area contributed by atoms with Gasteiger partial charge in [0.2, 0.25) is 0 Å². The lowest BCUT2D eigenvalue weighted by Crippen LogP contribution is -2.43. The Morgan fingerprint density at radius 2 is 2.05 bits per heavy atom. The van der Waals surface area contributed by atoms with E-state index in [4.69, 9.17) is 0 Å². The molecule has 1 aliphatic heterocycles. The Labute approximate surface area is 118 Å². The number of fused-ring (bicyclic) bond motifs is 1. The van der Waals surface area contributed by atoms with Crippen LogP contribution in [-0.2, 0) is 4.79 Å². The highest BCUT2D eigenvalue weighted by molar-refractivity contribution is 8.00. The van der Waals surface area contributed by atoms with Crippen molar-refractivity contribution in [3.63, 3.8) is 0 Å². The van der Waals surface area contributed by atoms with E-state index in [0.29, 0.717) is 0 Å². The molecule has 2 rings (SSSR count). The number of hydrogen-bond acceptors (Lipinski definition) is 4. The summed E-state index contributed by atoms with van der Waals surface area (Å²) in [5.74, 6) is 0.0447. The first-order chi connectivity index (χ1) is 9.24. The number of carbonyl (C=O) groups excluding carboxylic acids is 1. The maximum Gasteiger partial charge on any atom is 0.252 e. The van der Waals surface area contributed by atoms with Crippen LogP contribution >= 0.6 is 11.8 Å². The summed E-state index contributed by atoms with van der Waals surface area (Å²) in [5, 5.41) is 6.07. The number of nitrogens with zero attached hydrogens (tertiary/aromatic N) is 1. The number of likely N-dealkylation sites (N-methyl/N-ethyl adjacent to an activating group) is 1. The molecule has 1 atom stereocenters. The molecular formula is C14H21N3OS. The third-order valence-electron chi connectivity index (χ3n) is 3.28. The fourth-order valence-corrected chi connectivity index (χ4v) is 3.10. The molecule has 0 spiro atoms. The second-order valence-corrected chi connectivity index (χ2v) is 5.61. The summed E-state index contributed by atoms with van der Waals surface area (Å²) < 4.78 is 0. The van der Waals surface area contributed by atoms with Crippen LogP contribution in [0, 0.1) is 0 Å². The Bertz CT molecular complexity index is 434. The highest BCUT2D eigenvalue weighted by atomic mass is 32.2. The predicted octanol–water partition coefficient (Wildman–Crippen LogP) is 1.99. The van der Waals surface area contributed by atoms with Crippen molar-refractivity contribution in [2.45, 2.75) is 24.1 Å². The lowest BCUT2D eigenvalue weighted by Gasteiger charge is -2.26. The maximum absolute atomic E-state index is 12.0. The van der Waals surface area contributed by atoms with Gasteiger partial charge in [-0.2, -0.15) is 0 Å². The molecule has 1 aliphatic rings. The summed E-state index contributed by atoms with van der Waals surface area (Å²) in [4.78, 5) is 15.4. The molecule has 4 nitrogen and oxygen atoms in total. The van der Waals surface area contributed by atoms with Crippen LogP contribution in [0.15, 0.2) is 29.2 Å². The van der Waals surface area contributed by atoms with E-state index in [9.17, 15) is 4.79 Å². The monoisotopic (exact) mass is 279 g/mol. The van der Waals surface area contributed by atoms with E-state index in [-0.39, 0.29) is 11.3 Å². The zero-order valence-corrected chi connectivity index (χ0v) is 12.3. The summed E-state index contributed by atoms with van der Waals surface area (Å²) in [6.45, 7) is 8.20. The van der Waals surface area contributed by atoms with Gasteiger partial charge in [0.05, 0.1) is 5.69 Å². The van der Waals surface area contributed by atoms with Crippen molar-refractivity contribution in [2.75, 3.05) is 31.5 Å². The van der Waals surface area contributed by atoms with Crippen LogP contribution < -0.4 is 10.6 Å². The quantitative estimate of drug-likeness (QED) is 0.836. The van der Waals surface area contributed by atoms with Gasteiger partial charge in [-0.1, -0.05) is 37.7 Å². The molecule has 0 aliphatic carbocycles. The van der Waals surface area contributed by atoms with Gasteiger partial charge in [0, 0.05) is 18.0 Å². The molecular weight excluding hydrogens is 258 g/mol. The smallest absolute Gasteiger partial charge is 0.252 e. The molecule has 0 bridgehead atoms. The van der Waals surface area contributed by atoms with E-state index in [1.54, 1.807) is 11.8 Å². The lowest BCUT2D eigenvalue weighted by molar-refractivity contribution is -0.116. The average molecular weight is 279 g/mol. The van der Waals surface area contributed by atoms with Gasteiger partial charge in [0.1, 0.15) is 5.37 Å². The Morgan fingerprint density at radius 3 is 2.79 bits per heavy atom. The van der Waals surface area contributed by atoms with Gasteiger partial charge in [-0.05, 0) is 25.2 Å². The summed E-state index contributed by atoms with van der Waals surface area (Å²) >= 11 is 1.59. The molecule has 0 radical (unpaired) electrons. The zero-order valence-electron chi connectivity index (χ0n) is 11.5. The average Bonchev–Trinajstić information content (AvgIpc) is 2.44. The maximum atomic E-state index is 12.0. The Kier molecular flexibility index (Phi) is 5.24. The van der Waals surface area contributed by atoms with Gasteiger partial charge in [0.15, 0.2) is 0 Å². The van der Waals surface area contributed by atoms with E-state index >= 15 is 0 Å². The van der Waals surface area contributed by atoms with E-state index in [1.807, 2.05) is 24.3 Å². The standard InChI is InChI=1S/C14H21N3OS/c1-3-17(4-2)10-9-15-14-13(18)16-11-7-5-6-8-12(11)19-14/h5-8,14-15H,3-4,9-10H2,1-2H3,(H,16,18). The summed E-state index contributed by atoms with van der Waals surface area (Å²) in [5.41, 5.74) is 0.916. The molecule has 1 aromatic rings. The van der Waals surface area contributed by atoms with Gasteiger partial charge >= 0.3 is 0 Å². The minimum Gasteiger partial charge on any atom is -0.323 e. The van der Waals surface area contributed by atoms with Gasteiger partial charge in [-0.3, -0.25) is 10.1 Å². The van der Waals surface area contributed by atoms with Gasteiger partial charge in [-0.15, -0.1) is 0 Å². The number of nitrogens with one attached hydrogen (secondary N) is 2.